The summed E-state index contributed by atoms with van der Waals surface area (Å²) in [4.78, 5) is 28.4. The van der Waals surface area contributed by atoms with Gasteiger partial charge in [-0.15, -0.1) is 0 Å². The van der Waals surface area contributed by atoms with Crippen molar-refractivity contribution in [2.24, 2.45) is 0 Å². The number of carbonyl (C=O) groups excluding carboxylic acids is 2. The van der Waals surface area contributed by atoms with E-state index in [9.17, 15) is 31.2 Å². The maximum atomic E-state index is 14.1. The lowest BCUT2D eigenvalue weighted by atomic mass is 10.1. The number of unbranched alkanes of at least 4 members (excludes halogenated alkanes) is 1. The Bertz CT molecular complexity index is 1520. The quantitative estimate of drug-likeness (QED) is 0.214. The van der Waals surface area contributed by atoms with Crippen molar-refractivity contribution in [2.75, 3.05) is 17.4 Å². The summed E-state index contributed by atoms with van der Waals surface area (Å²) < 4.78 is 69.5. The maximum absolute atomic E-state index is 14.1. The first kappa shape index (κ1) is 33.9. The van der Waals surface area contributed by atoms with Gasteiger partial charge in [0.05, 0.1) is 21.2 Å². The molecular weight excluding hydrogens is 603 g/mol. The van der Waals surface area contributed by atoms with Crippen LogP contribution in [0, 0.1) is 6.92 Å². The predicted molar refractivity (Wildman–Crippen MR) is 161 cm³/mol. The van der Waals surface area contributed by atoms with Crippen molar-refractivity contribution in [1.82, 2.24) is 10.2 Å². The molecule has 0 saturated heterocycles. The van der Waals surface area contributed by atoms with Crippen molar-refractivity contribution in [3.63, 3.8) is 0 Å². The highest BCUT2D eigenvalue weighted by Crippen LogP contribution is 2.37. The predicted octanol–water partition coefficient (Wildman–Crippen LogP) is 6.59. The number of nitrogens with one attached hydrogen (secondary N) is 1. The third-order valence-electron chi connectivity index (χ3n) is 6.97. The van der Waals surface area contributed by atoms with Crippen molar-refractivity contribution in [3.8, 4) is 0 Å². The molecule has 3 aromatic rings. The zero-order valence-corrected chi connectivity index (χ0v) is 25.8. The number of aryl methyl sites for hydroxylation is 1. The average molecular weight is 638 g/mol. The summed E-state index contributed by atoms with van der Waals surface area (Å²) in [7, 11) is -4.59. The first-order valence-electron chi connectivity index (χ1n) is 13.9. The molecule has 0 unspecified atom stereocenters. The number of rotatable bonds is 13. The van der Waals surface area contributed by atoms with Gasteiger partial charge >= 0.3 is 6.18 Å². The fourth-order valence-corrected chi connectivity index (χ4v) is 6.23. The Morgan fingerprint density at radius 2 is 1.63 bits per heavy atom. The number of amides is 2. The molecule has 0 radical (unpaired) electrons. The number of nitrogens with zero attached hydrogens (tertiary/aromatic N) is 2. The molecule has 0 aliphatic rings. The molecule has 0 heterocycles. The van der Waals surface area contributed by atoms with Crippen molar-refractivity contribution >= 4 is 39.1 Å². The van der Waals surface area contributed by atoms with Gasteiger partial charge in [-0.05, 0) is 61.2 Å². The number of carbonyl (C=O) groups is 2. The van der Waals surface area contributed by atoms with Gasteiger partial charge in [0.25, 0.3) is 10.0 Å². The molecule has 0 aliphatic heterocycles. The smallest absolute Gasteiger partial charge is 0.354 e. The molecular formula is C31H35ClF3N3O4S. The van der Waals surface area contributed by atoms with Crippen LogP contribution in [0.4, 0.5) is 18.9 Å². The van der Waals surface area contributed by atoms with Gasteiger partial charge in [0, 0.05) is 13.1 Å². The van der Waals surface area contributed by atoms with Crippen molar-refractivity contribution in [3.05, 3.63) is 94.5 Å². The zero-order valence-electron chi connectivity index (χ0n) is 24.2. The maximum Gasteiger partial charge on any atom is 0.416 e. The minimum absolute atomic E-state index is 0.0270. The van der Waals surface area contributed by atoms with Gasteiger partial charge in [-0.1, -0.05) is 74.3 Å². The number of halogens is 4. The van der Waals surface area contributed by atoms with Crippen LogP contribution in [0.1, 0.15) is 49.8 Å². The number of alkyl halides is 3. The summed E-state index contributed by atoms with van der Waals surface area (Å²) in [5, 5.41) is 2.54. The highest BCUT2D eigenvalue weighted by molar-refractivity contribution is 7.92. The Morgan fingerprint density at radius 3 is 2.23 bits per heavy atom. The van der Waals surface area contributed by atoms with E-state index in [0.29, 0.717) is 16.9 Å². The van der Waals surface area contributed by atoms with Gasteiger partial charge in [0.1, 0.15) is 12.6 Å². The largest absolute Gasteiger partial charge is 0.416 e. The number of hydrogen-bond donors (Lipinski definition) is 1. The van der Waals surface area contributed by atoms with Crippen LogP contribution in [-0.4, -0.2) is 44.3 Å². The van der Waals surface area contributed by atoms with Crippen LogP contribution in [0.2, 0.25) is 5.02 Å². The molecule has 1 N–H and O–H groups in total. The lowest BCUT2D eigenvalue weighted by Gasteiger charge is -2.34. The molecule has 43 heavy (non-hydrogen) atoms. The van der Waals surface area contributed by atoms with Crippen LogP contribution >= 0.6 is 11.6 Å². The average Bonchev–Trinajstić information content (AvgIpc) is 2.97. The van der Waals surface area contributed by atoms with E-state index < -0.39 is 51.9 Å². The first-order chi connectivity index (χ1) is 20.3. The van der Waals surface area contributed by atoms with Gasteiger partial charge in [0.15, 0.2) is 0 Å². The van der Waals surface area contributed by atoms with E-state index in [-0.39, 0.29) is 22.9 Å². The van der Waals surface area contributed by atoms with E-state index in [0.717, 1.165) is 36.1 Å². The normalized spacial score (nSPS) is 12.4. The van der Waals surface area contributed by atoms with Crippen LogP contribution in [0.15, 0.2) is 77.7 Å². The van der Waals surface area contributed by atoms with E-state index in [4.69, 9.17) is 11.6 Å². The second-order valence-electron chi connectivity index (χ2n) is 10.0. The summed E-state index contributed by atoms with van der Waals surface area (Å²) >= 11 is 6.30. The van der Waals surface area contributed by atoms with Crippen LogP contribution in [0.5, 0.6) is 0 Å². The molecule has 7 nitrogen and oxygen atoms in total. The van der Waals surface area contributed by atoms with Crippen LogP contribution in [0.25, 0.3) is 0 Å². The molecule has 1 atom stereocenters. The Hall–Kier alpha value is -3.57. The Labute approximate surface area is 255 Å². The second-order valence-corrected chi connectivity index (χ2v) is 12.3. The van der Waals surface area contributed by atoms with Gasteiger partial charge in [-0.3, -0.25) is 13.9 Å². The summed E-state index contributed by atoms with van der Waals surface area (Å²) in [6, 6.07) is 15.6. The molecule has 0 aliphatic carbocycles. The zero-order chi connectivity index (χ0) is 31.8. The summed E-state index contributed by atoms with van der Waals surface area (Å²) in [6.07, 6.45) is -3.02. The van der Waals surface area contributed by atoms with Crippen LogP contribution in [0.3, 0.4) is 0 Å². The Morgan fingerprint density at radius 1 is 0.977 bits per heavy atom. The minimum atomic E-state index is -4.80. The van der Waals surface area contributed by atoms with Gasteiger partial charge < -0.3 is 10.2 Å². The molecule has 0 bridgehead atoms. The molecule has 12 heteroatoms. The molecule has 0 aromatic heterocycles. The minimum Gasteiger partial charge on any atom is -0.354 e. The van der Waals surface area contributed by atoms with E-state index in [1.165, 1.54) is 29.2 Å². The highest BCUT2D eigenvalue weighted by Gasteiger charge is 2.37. The van der Waals surface area contributed by atoms with Crippen LogP contribution < -0.4 is 9.62 Å². The Balaban J connectivity index is 2.14. The van der Waals surface area contributed by atoms with Crippen molar-refractivity contribution in [1.29, 1.82) is 0 Å². The number of benzene rings is 3. The van der Waals surface area contributed by atoms with E-state index in [1.807, 2.05) is 26.0 Å². The number of sulfonamides is 1. The third-order valence-corrected chi connectivity index (χ3v) is 9.06. The molecule has 0 fully saturated rings. The molecule has 2 amide bonds. The van der Waals surface area contributed by atoms with Crippen molar-refractivity contribution < 1.29 is 31.2 Å². The highest BCUT2D eigenvalue weighted by atomic mass is 35.5. The fourth-order valence-electron chi connectivity index (χ4n) is 4.51. The van der Waals surface area contributed by atoms with Gasteiger partial charge in [0.2, 0.25) is 11.8 Å². The van der Waals surface area contributed by atoms with E-state index in [1.54, 1.807) is 25.1 Å². The van der Waals surface area contributed by atoms with E-state index in [2.05, 4.69) is 5.32 Å². The third kappa shape index (κ3) is 8.51. The van der Waals surface area contributed by atoms with Gasteiger partial charge in [-0.2, -0.15) is 13.2 Å². The SMILES string of the molecule is CCCCNC(=O)[C@H](CC)N(Cc1ccccc1C)C(=O)CN(c1cc(C(F)(F)F)ccc1Cl)S(=O)(=O)c1ccccc1. The summed E-state index contributed by atoms with van der Waals surface area (Å²) in [6.45, 7) is 5.01. The van der Waals surface area contributed by atoms with Crippen molar-refractivity contribution in [2.45, 2.75) is 63.7 Å². The number of anilines is 1. The van der Waals surface area contributed by atoms with E-state index >= 15 is 0 Å². The van der Waals surface area contributed by atoms with Gasteiger partial charge in [-0.25, -0.2) is 8.42 Å². The monoisotopic (exact) mass is 637 g/mol. The molecule has 0 saturated carbocycles. The fraction of sp³-hybridized carbons (Fsp3) is 0.355. The molecule has 0 spiro atoms. The number of hydrogen-bond acceptors (Lipinski definition) is 4. The first-order valence-corrected chi connectivity index (χ1v) is 15.7. The molecule has 232 valence electrons. The summed E-state index contributed by atoms with van der Waals surface area (Å²) in [5.74, 6) is -1.19. The Kier molecular flexibility index (Phi) is 11.6. The second kappa shape index (κ2) is 14.7. The molecule has 3 aromatic carbocycles. The topological polar surface area (TPSA) is 86.8 Å². The lowest BCUT2D eigenvalue weighted by Crippen LogP contribution is -2.52. The standard InChI is InChI=1S/C31H35ClF3N3O4S/c1-4-6-18-36-30(40)27(5-2)37(20-23-13-11-10-12-22(23)3)29(39)21-38(43(41,42)25-14-8-7-9-15-25)28-19-24(31(33,34)35)16-17-26(28)32/h7-17,19,27H,4-6,18,20-21H2,1-3H3,(H,36,40)/t27-/m0/s1. The van der Waals surface area contributed by atoms with Crippen LogP contribution in [-0.2, 0) is 32.3 Å². The summed E-state index contributed by atoms with van der Waals surface area (Å²) in [5.41, 5.74) is -0.0717. The lowest BCUT2D eigenvalue weighted by molar-refractivity contribution is -0.140. The molecule has 3 rings (SSSR count).